The summed E-state index contributed by atoms with van der Waals surface area (Å²) < 4.78 is 0.637. The number of hydrogen-bond acceptors (Lipinski definition) is 2. The van der Waals surface area contributed by atoms with Crippen molar-refractivity contribution in [1.29, 1.82) is 0 Å². The van der Waals surface area contributed by atoms with Crippen molar-refractivity contribution in [2.75, 3.05) is 11.9 Å². The standard InChI is InChI=1S/C12H15BrN2O3/c1-2-3-6-14-12(18)15-10-7-8(11(16)17)4-5-9(10)13/h4-5,7H,2-3,6H2,1H3,(H,16,17)(H2,14,15,18). The highest BCUT2D eigenvalue weighted by atomic mass is 79.9. The molecule has 0 fully saturated rings. The summed E-state index contributed by atoms with van der Waals surface area (Å²) in [6.07, 6.45) is 1.90. The van der Waals surface area contributed by atoms with Crippen molar-refractivity contribution in [2.24, 2.45) is 0 Å². The predicted octanol–water partition coefficient (Wildman–Crippen LogP) is 3.07. The lowest BCUT2D eigenvalue weighted by Crippen LogP contribution is -2.29. The summed E-state index contributed by atoms with van der Waals surface area (Å²) in [7, 11) is 0. The largest absolute Gasteiger partial charge is 0.478 e. The molecule has 1 aromatic rings. The number of benzene rings is 1. The minimum absolute atomic E-state index is 0.127. The Labute approximate surface area is 114 Å². The summed E-state index contributed by atoms with van der Waals surface area (Å²) in [5, 5.41) is 14.2. The molecule has 0 saturated carbocycles. The molecule has 0 aliphatic heterocycles. The SMILES string of the molecule is CCCCNC(=O)Nc1cc(C(=O)O)ccc1Br. The van der Waals surface area contributed by atoms with Crippen molar-refractivity contribution in [2.45, 2.75) is 19.8 Å². The molecule has 0 bridgehead atoms. The van der Waals surface area contributed by atoms with Crippen LogP contribution in [0.2, 0.25) is 0 Å². The van der Waals surface area contributed by atoms with Gasteiger partial charge in [-0.15, -0.1) is 0 Å². The van der Waals surface area contributed by atoms with Crippen LogP contribution in [0.5, 0.6) is 0 Å². The molecule has 0 spiro atoms. The molecule has 2 amide bonds. The molecule has 1 aromatic carbocycles. The van der Waals surface area contributed by atoms with Gasteiger partial charge in [0.15, 0.2) is 0 Å². The normalized spacial score (nSPS) is 9.89. The molecule has 0 atom stereocenters. The molecule has 18 heavy (non-hydrogen) atoms. The van der Waals surface area contributed by atoms with Gasteiger partial charge in [0.05, 0.1) is 11.3 Å². The summed E-state index contributed by atoms with van der Waals surface area (Å²) >= 11 is 3.25. The Morgan fingerprint density at radius 2 is 2.11 bits per heavy atom. The number of rotatable bonds is 5. The smallest absolute Gasteiger partial charge is 0.335 e. The van der Waals surface area contributed by atoms with Gasteiger partial charge < -0.3 is 15.7 Å². The van der Waals surface area contributed by atoms with E-state index in [1.54, 1.807) is 6.07 Å². The van der Waals surface area contributed by atoms with Crippen molar-refractivity contribution in [3.05, 3.63) is 28.2 Å². The second-order valence-electron chi connectivity index (χ2n) is 3.73. The highest BCUT2D eigenvalue weighted by Crippen LogP contribution is 2.23. The first-order chi connectivity index (χ1) is 8.54. The maximum Gasteiger partial charge on any atom is 0.335 e. The molecular formula is C12H15BrN2O3. The Hall–Kier alpha value is -1.56. The molecule has 6 heteroatoms. The summed E-state index contributed by atoms with van der Waals surface area (Å²) in [5.74, 6) is -1.03. The van der Waals surface area contributed by atoms with Crippen LogP contribution in [0.4, 0.5) is 10.5 Å². The van der Waals surface area contributed by atoms with Crippen molar-refractivity contribution in [3.63, 3.8) is 0 Å². The number of nitrogens with one attached hydrogen (secondary N) is 2. The van der Waals surface area contributed by atoms with E-state index in [4.69, 9.17) is 5.11 Å². The van der Waals surface area contributed by atoms with Gasteiger partial charge in [0.2, 0.25) is 0 Å². The van der Waals surface area contributed by atoms with Gasteiger partial charge in [0, 0.05) is 11.0 Å². The number of carbonyl (C=O) groups is 2. The van der Waals surface area contributed by atoms with E-state index < -0.39 is 5.97 Å². The number of hydrogen-bond donors (Lipinski definition) is 3. The summed E-state index contributed by atoms with van der Waals surface area (Å²) in [5.41, 5.74) is 0.561. The number of carbonyl (C=O) groups excluding carboxylic acids is 1. The molecular weight excluding hydrogens is 300 g/mol. The van der Waals surface area contributed by atoms with Crippen molar-refractivity contribution < 1.29 is 14.7 Å². The molecule has 1 rings (SSSR count). The van der Waals surface area contributed by atoms with Gasteiger partial charge in [-0.3, -0.25) is 0 Å². The van der Waals surface area contributed by atoms with E-state index in [1.807, 2.05) is 6.92 Å². The number of halogens is 1. The molecule has 98 valence electrons. The highest BCUT2D eigenvalue weighted by Gasteiger charge is 2.09. The Morgan fingerprint density at radius 3 is 2.72 bits per heavy atom. The molecule has 5 nitrogen and oxygen atoms in total. The van der Waals surface area contributed by atoms with Crippen LogP contribution >= 0.6 is 15.9 Å². The monoisotopic (exact) mass is 314 g/mol. The van der Waals surface area contributed by atoms with Crippen LogP contribution in [0.15, 0.2) is 22.7 Å². The maximum atomic E-state index is 11.5. The van der Waals surface area contributed by atoms with Crippen LogP contribution in [0.1, 0.15) is 30.1 Å². The van der Waals surface area contributed by atoms with E-state index in [9.17, 15) is 9.59 Å². The van der Waals surface area contributed by atoms with Crippen molar-refractivity contribution >= 4 is 33.6 Å². The minimum Gasteiger partial charge on any atom is -0.478 e. The van der Waals surface area contributed by atoms with E-state index >= 15 is 0 Å². The van der Waals surface area contributed by atoms with Crippen LogP contribution in [-0.4, -0.2) is 23.7 Å². The fraction of sp³-hybridized carbons (Fsp3) is 0.333. The number of carboxylic acid groups (broad SMARTS) is 1. The Kier molecular flexibility index (Phi) is 5.64. The molecule has 0 saturated heterocycles. The van der Waals surface area contributed by atoms with E-state index in [1.165, 1.54) is 12.1 Å². The van der Waals surface area contributed by atoms with Crippen LogP contribution in [0, 0.1) is 0 Å². The lowest BCUT2D eigenvalue weighted by molar-refractivity contribution is 0.0697. The van der Waals surface area contributed by atoms with Gasteiger partial charge in [-0.2, -0.15) is 0 Å². The summed E-state index contributed by atoms with van der Waals surface area (Å²) in [6.45, 7) is 2.63. The quantitative estimate of drug-likeness (QED) is 0.731. The van der Waals surface area contributed by atoms with Gasteiger partial charge in [-0.25, -0.2) is 9.59 Å². The van der Waals surface area contributed by atoms with Gasteiger partial charge in [0.25, 0.3) is 0 Å². The molecule has 0 aliphatic rings. The number of carboxylic acids is 1. The summed E-state index contributed by atoms with van der Waals surface area (Å²) in [6, 6.07) is 4.12. The van der Waals surface area contributed by atoms with Gasteiger partial charge in [-0.05, 0) is 40.5 Å². The first-order valence-electron chi connectivity index (χ1n) is 5.62. The Balaban J connectivity index is 2.68. The van der Waals surface area contributed by atoms with Crippen molar-refractivity contribution in [1.82, 2.24) is 5.32 Å². The fourth-order valence-corrected chi connectivity index (χ4v) is 1.65. The number of urea groups is 1. The first kappa shape index (κ1) is 14.5. The number of amides is 2. The fourth-order valence-electron chi connectivity index (χ4n) is 1.30. The lowest BCUT2D eigenvalue weighted by atomic mass is 10.2. The van der Waals surface area contributed by atoms with Crippen LogP contribution in [-0.2, 0) is 0 Å². The van der Waals surface area contributed by atoms with Crippen molar-refractivity contribution in [3.8, 4) is 0 Å². The van der Waals surface area contributed by atoms with E-state index in [-0.39, 0.29) is 11.6 Å². The van der Waals surface area contributed by atoms with Gasteiger partial charge >= 0.3 is 12.0 Å². The van der Waals surface area contributed by atoms with Crippen LogP contribution in [0.25, 0.3) is 0 Å². The number of unbranched alkanes of at least 4 members (excludes halogenated alkanes) is 1. The molecule has 0 radical (unpaired) electrons. The summed E-state index contributed by atoms with van der Waals surface area (Å²) in [4.78, 5) is 22.3. The molecule has 3 N–H and O–H groups in total. The van der Waals surface area contributed by atoms with Crippen LogP contribution < -0.4 is 10.6 Å². The van der Waals surface area contributed by atoms with E-state index in [0.717, 1.165) is 12.8 Å². The number of aromatic carboxylic acids is 1. The third kappa shape index (κ3) is 4.37. The third-order valence-electron chi connectivity index (χ3n) is 2.28. The molecule has 0 heterocycles. The highest BCUT2D eigenvalue weighted by molar-refractivity contribution is 9.10. The minimum atomic E-state index is -1.03. The zero-order chi connectivity index (χ0) is 13.5. The average Bonchev–Trinajstić information content (AvgIpc) is 2.32. The number of anilines is 1. The van der Waals surface area contributed by atoms with Gasteiger partial charge in [0.1, 0.15) is 0 Å². The van der Waals surface area contributed by atoms with E-state index in [2.05, 4.69) is 26.6 Å². The topological polar surface area (TPSA) is 78.4 Å². The lowest BCUT2D eigenvalue weighted by Gasteiger charge is -2.09. The van der Waals surface area contributed by atoms with E-state index in [0.29, 0.717) is 16.7 Å². The Morgan fingerprint density at radius 1 is 1.39 bits per heavy atom. The van der Waals surface area contributed by atoms with Crippen LogP contribution in [0.3, 0.4) is 0 Å². The third-order valence-corrected chi connectivity index (χ3v) is 2.97. The maximum absolute atomic E-state index is 11.5. The molecule has 0 aromatic heterocycles. The zero-order valence-corrected chi connectivity index (χ0v) is 11.6. The second-order valence-corrected chi connectivity index (χ2v) is 4.59. The zero-order valence-electron chi connectivity index (χ0n) is 10.00. The van der Waals surface area contributed by atoms with Gasteiger partial charge in [-0.1, -0.05) is 13.3 Å². The average molecular weight is 315 g/mol. The first-order valence-corrected chi connectivity index (χ1v) is 6.41. The molecule has 0 aliphatic carbocycles. The Bertz CT molecular complexity index is 449. The predicted molar refractivity (Wildman–Crippen MR) is 73.0 cm³/mol. The second kappa shape index (κ2) is 7.00. The molecule has 0 unspecified atom stereocenters.